The monoisotopic (exact) mass is 421 g/mol. The number of fused-ring (bicyclic) bond motifs is 1. The molecule has 0 fully saturated rings. The molecule has 0 radical (unpaired) electrons. The first-order chi connectivity index (χ1) is 13.8. The molecule has 0 bridgehead atoms. The van der Waals surface area contributed by atoms with Crippen molar-refractivity contribution >= 4 is 23.2 Å². The van der Waals surface area contributed by atoms with Crippen molar-refractivity contribution < 1.29 is 22.5 Å². The van der Waals surface area contributed by atoms with Gasteiger partial charge in [-0.25, -0.2) is 4.98 Å². The molecule has 148 valence electrons. The average Bonchev–Trinajstić information content (AvgIpc) is 3.32. The molecule has 1 amide bonds. The van der Waals surface area contributed by atoms with Crippen LogP contribution in [0.1, 0.15) is 21.9 Å². The van der Waals surface area contributed by atoms with E-state index in [0.29, 0.717) is 10.7 Å². The molecule has 3 heterocycles. The van der Waals surface area contributed by atoms with E-state index < -0.39 is 18.0 Å². The molecule has 11 heteroatoms. The summed E-state index contributed by atoms with van der Waals surface area (Å²) in [5.74, 6) is -2.07. The van der Waals surface area contributed by atoms with Gasteiger partial charge in [0.2, 0.25) is 5.82 Å². The smallest absolute Gasteiger partial charge is 0.347 e. The fourth-order valence-corrected chi connectivity index (χ4v) is 2.82. The Balaban J connectivity index is 1.53. The maximum absolute atomic E-state index is 12.6. The second-order valence-corrected chi connectivity index (χ2v) is 6.48. The maximum Gasteiger partial charge on any atom is 0.471 e. The Labute approximate surface area is 166 Å². The number of rotatable bonds is 4. The Hall–Kier alpha value is -3.40. The molecule has 1 N–H and O–H groups in total. The summed E-state index contributed by atoms with van der Waals surface area (Å²) in [5.41, 5.74) is 1.59. The van der Waals surface area contributed by atoms with Crippen LogP contribution in [0.15, 0.2) is 53.3 Å². The van der Waals surface area contributed by atoms with E-state index in [0.717, 1.165) is 5.56 Å². The van der Waals surface area contributed by atoms with E-state index in [9.17, 15) is 18.0 Å². The number of halogens is 4. The summed E-state index contributed by atoms with van der Waals surface area (Å²) in [5, 5.41) is 6.63. The number of alkyl halides is 3. The van der Waals surface area contributed by atoms with Crippen LogP contribution in [-0.2, 0) is 12.7 Å². The SMILES string of the molecule is O=C(NCc1cccc(Cl)c1)c1cn2ccc(-c3noc(C(F)(F)F)n3)cc2n1. The molecule has 0 atom stereocenters. The summed E-state index contributed by atoms with van der Waals surface area (Å²) in [4.78, 5) is 19.9. The van der Waals surface area contributed by atoms with Gasteiger partial charge in [-0.3, -0.25) is 4.79 Å². The number of carbonyl (C=O) groups is 1. The largest absolute Gasteiger partial charge is 0.471 e. The average molecular weight is 422 g/mol. The van der Waals surface area contributed by atoms with Gasteiger partial charge >= 0.3 is 12.1 Å². The number of hydrogen-bond donors (Lipinski definition) is 1. The first kappa shape index (κ1) is 18.9. The van der Waals surface area contributed by atoms with Gasteiger partial charge in [0.15, 0.2) is 0 Å². The molecule has 4 aromatic rings. The van der Waals surface area contributed by atoms with E-state index in [1.54, 1.807) is 22.6 Å². The molecule has 0 aliphatic rings. The van der Waals surface area contributed by atoms with Crippen LogP contribution in [0.4, 0.5) is 13.2 Å². The zero-order valence-corrected chi connectivity index (χ0v) is 15.2. The number of carbonyl (C=O) groups excluding carboxylic acids is 1. The molecular weight excluding hydrogens is 411 g/mol. The molecule has 0 saturated heterocycles. The number of nitrogens with zero attached hydrogens (tertiary/aromatic N) is 4. The van der Waals surface area contributed by atoms with E-state index >= 15 is 0 Å². The van der Waals surface area contributed by atoms with Gasteiger partial charge in [-0.05, 0) is 29.8 Å². The highest BCUT2D eigenvalue weighted by molar-refractivity contribution is 6.30. The molecule has 0 unspecified atom stereocenters. The Morgan fingerprint density at radius 1 is 1.21 bits per heavy atom. The van der Waals surface area contributed by atoms with Crippen molar-refractivity contribution in [2.45, 2.75) is 12.7 Å². The first-order valence-electron chi connectivity index (χ1n) is 8.22. The minimum Gasteiger partial charge on any atom is -0.347 e. The molecule has 0 aliphatic carbocycles. The Bertz CT molecular complexity index is 1200. The second-order valence-electron chi connectivity index (χ2n) is 6.04. The number of amides is 1. The summed E-state index contributed by atoms with van der Waals surface area (Å²) >= 11 is 5.91. The van der Waals surface area contributed by atoms with Crippen LogP contribution in [-0.4, -0.2) is 25.4 Å². The predicted molar refractivity (Wildman–Crippen MR) is 96.1 cm³/mol. The van der Waals surface area contributed by atoms with Gasteiger partial charge in [-0.15, -0.1) is 0 Å². The van der Waals surface area contributed by atoms with E-state index in [1.165, 1.54) is 24.5 Å². The fraction of sp³-hybridized carbons (Fsp3) is 0.111. The standard InChI is InChI=1S/C18H11ClF3N5O2/c19-12-3-1-2-10(6-12)8-23-16(28)13-9-27-5-4-11(7-14(27)24-13)15-25-17(29-26-15)18(20,21)22/h1-7,9H,8H2,(H,23,28). The van der Waals surface area contributed by atoms with Crippen molar-refractivity contribution in [2.75, 3.05) is 0 Å². The minimum absolute atomic E-state index is 0.147. The molecule has 3 aromatic heterocycles. The second kappa shape index (κ2) is 7.21. The lowest BCUT2D eigenvalue weighted by atomic mass is 10.2. The summed E-state index contributed by atoms with van der Waals surface area (Å²) < 4.78 is 43.6. The third kappa shape index (κ3) is 4.06. The van der Waals surface area contributed by atoms with Crippen LogP contribution in [0.3, 0.4) is 0 Å². The lowest BCUT2D eigenvalue weighted by molar-refractivity contribution is -0.159. The zero-order chi connectivity index (χ0) is 20.6. The summed E-state index contributed by atoms with van der Waals surface area (Å²) in [6, 6.07) is 10.0. The van der Waals surface area contributed by atoms with Crippen LogP contribution < -0.4 is 5.32 Å². The van der Waals surface area contributed by atoms with Crippen molar-refractivity contribution in [3.05, 3.63) is 71.0 Å². The van der Waals surface area contributed by atoms with Gasteiger partial charge in [0.05, 0.1) is 0 Å². The van der Waals surface area contributed by atoms with Crippen molar-refractivity contribution in [2.24, 2.45) is 0 Å². The van der Waals surface area contributed by atoms with Crippen LogP contribution in [0.2, 0.25) is 5.02 Å². The highest BCUT2D eigenvalue weighted by Crippen LogP contribution is 2.29. The predicted octanol–water partition coefficient (Wildman–Crippen LogP) is 3.99. The number of hydrogen-bond acceptors (Lipinski definition) is 5. The lowest BCUT2D eigenvalue weighted by Crippen LogP contribution is -2.23. The first-order valence-corrected chi connectivity index (χ1v) is 8.60. The molecule has 0 aliphatic heterocycles. The minimum atomic E-state index is -4.73. The van der Waals surface area contributed by atoms with E-state index in [4.69, 9.17) is 11.6 Å². The number of aromatic nitrogens is 4. The van der Waals surface area contributed by atoms with Gasteiger partial charge in [0, 0.05) is 29.5 Å². The van der Waals surface area contributed by atoms with Gasteiger partial charge in [-0.2, -0.15) is 18.2 Å². The number of imidazole rings is 1. The quantitative estimate of drug-likeness (QED) is 0.538. The molecule has 0 saturated carbocycles. The van der Waals surface area contributed by atoms with Gasteiger partial charge in [0.25, 0.3) is 5.91 Å². The topological polar surface area (TPSA) is 85.3 Å². The highest BCUT2D eigenvalue weighted by Gasteiger charge is 2.38. The fourth-order valence-electron chi connectivity index (χ4n) is 2.61. The molecule has 0 spiro atoms. The lowest BCUT2D eigenvalue weighted by Gasteiger charge is -2.03. The number of benzene rings is 1. The van der Waals surface area contributed by atoms with Crippen molar-refractivity contribution in [1.82, 2.24) is 24.8 Å². The van der Waals surface area contributed by atoms with Crippen molar-refractivity contribution in [3.8, 4) is 11.4 Å². The van der Waals surface area contributed by atoms with Crippen LogP contribution in [0.5, 0.6) is 0 Å². The van der Waals surface area contributed by atoms with Gasteiger partial charge in [-0.1, -0.05) is 28.9 Å². The van der Waals surface area contributed by atoms with Crippen LogP contribution in [0.25, 0.3) is 17.0 Å². The van der Waals surface area contributed by atoms with Crippen LogP contribution >= 0.6 is 11.6 Å². The molecule has 4 rings (SSSR count). The summed E-state index contributed by atoms with van der Waals surface area (Å²) in [6.45, 7) is 0.265. The third-order valence-corrected chi connectivity index (χ3v) is 4.20. The summed E-state index contributed by atoms with van der Waals surface area (Å²) in [6.07, 6.45) is -1.68. The molecule has 7 nitrogen and oxygen atoms in total. The van der Waals surface area contributed by atoms with Crippen LogP contribution in [0, 0.1) is 0 Å². The van der Waals surface area contributed by atoms with Crippen molar-refractivity contribution in [1.29, 1.82) is 0 Å². The molecule has 1 aromatic carbocycles. The maximum atomic E-state index is 12.6. The van der Waals surface area contributed by atoms with E-state index in [1.807, 2.05) is 6.07 Å². The van der Waals surface area contributed by atoms with Gasteiger partial charge < -0.3 is 14.2 Å². The Morgan fingerprint density at radius 2 is 2.03 bits per heavy atom. The van der Waals surface area contributed by atoms with E-state index in [2.05, 4.69) is 25.0 Å². The van der Waals surface area contributed by atoms with Gasteiger partial charge in [0.1, 0.15) is 11.3 Å². The summed E-state index contributed by atoms with van der Waals surface area (Å²) in [7, 11) is 0. The Morgan fingerprint density at radius 3 is 2.76 bits per heavy atom. The van der Waals surface area contributed by atoms with Crippen molar-refractivity contribution in [3.63, 3.8) is 0 Å². The zero-order valence-electron chi connectivity index (χ0n) is 14.4. The molecule has 29 heavy (non-hydrogen) atoms. The highest BCUT2D eigenvalue weighted by atomic mass is 35.5. The molecular formula is C18H11ClF3N5O2. The van der Waals surface area contributed by atoms with E-state index in [-0.39, 0.29) is 23.6 Å². The number of pyridine rings is 1. The Kier molecular flexibility index (Phi) is 4.71. The third-order valence-electron chi connectivity index (χ3n) is 3.96. The normalized spacial score (nSPS) is 11.7. The number of nitrogens with one attached hydrogen (secondary N) is 1.